The fourth-order valence-corrected chi connectivity index (χ4v) is 2.10. The van der Waals surface area contributed by atoms with Crippen LogP contribution in [0.4, 0.5) is 0 Å². The van der Waals surface area contributed by atoms with E-state index in [1.807, 2.05) is 13.8 Å². The van der Waals surface area contributed by atoms with E-state index in [4.69, 9.17) is 0 Å². The van der Waals surface area contributed by atoms with Crippen molar-refractivity contribution in [1.29, 1.82) is 0 Å². The Morgan fingerprint density at radius 2 is 2.12 bits per heavy atom. The zero-order valence-corrected chi connectivity index (χ0v) is 11.1. The van der Waals surface area contributed by atoms with Gasteiger partial charge in [0.1, 0.15) is 0 Å². The van der Waals surface area contributed by atoms with Crippen LogP contribution in [0.15, 0.2) is 11.6 Å². The van der Waals surface area contributed by atoms with Gasteiger partial charge in [0.15, 0.2) is 0 Å². The first kappa shape index (κ1) is 14.2. The van der Waals surface area contributed by atoms with Crippen molar-refractivity contribution in [2.75, 3.05) is 6.54 Å². The Bertz CT molecular complexity index is 280. The molecule has 3 nitrogen and oxygen atoms in total. The van der Waals surface area contributed by atoms with Crippen LogP contribution in [0.1, 0.15) is 58.8 Å². The first-order chi connectivity index (χ1) is 8.09. The molecular weight excluding hydrogens is 214 g/mol. The molecule has 1 aliphatic rings. The minimum Gasteiger partial charge on any atom is -0.388 e. The quantitative estimate of drug-likeness (QED) is 0.700. The van der Waals surface area contributed by atoms with Crippen LogP contribution in [0.25, 0.3) is 0 Å². The number of aliphatic hydroxyl groups is 1. The lowest BCUT2D eigenvalue weighted by atomic mass is 9.96. The van der Waals surface area contributed by atoms with Crippen molar-refractivity contribution < 1.29 is 9.90 Å². The van der Waals surface area contributed by atoms with Crippen molar-refractivity contribution in [3.8, 4) is 0 Å². The number of carbonyl (C=O) groups is 1. The first-order valence-corrected chi connectivity index (χ1v) is 6.76. The van der Waals surface area contributed by atoms with Crippen LogP contribution in [0, 0.1) is 0 Å². The molecule has 0 aliphatic heterocycles. The largest absolute Gasteiger partial charge is 0.388 e. The molecule has 0 atom stereocenters. The third-order valence-corrected chi connectivity index (χ3v) is 3.70. The average Bonchev–Trinajstić information content (AvgIpc) is 2.37. The van der Waals surface area contributed by atoms with Crippen LogP contribution >= 0.6 is 0 Å². The van der Waals surface area contributed by atoms with Crippen molar-refractivity contribution in [3.63, 3.8) is 0 Å². The first-order valence-electron chi connectivity index (χ1n) is 6.76. The molecule has 1 aliphatic carbocycles. The smallest absolute Gasteiger partial charge is 0.224 e. The summed E-state index contributed by atoms with van der Waals surface area (Å²) >= 11 is 0. The van der Waals surface area contributed by atoms with Gasteiger partial charge < -0.3 is 10.4 Å². The number of amides is 1. The van der Waals surface area contributed by atoms with Gasteiger partial charge >= 0.3 is 0 Å². The van der Waals surface area contributed by atoms with Crippen molar-refractivity contribution >= 4 is 5.91 Å². The van der Waals surface area contributed by atoms with Crippen LogP contribution < -0.4 is 5.32 Å². The fraction of sp³-hybridized carbons (Fsp3) is 0.786. The number of hydrogen-bond donors (Lipinski definition) is 2. The second-order valence-corrected chi connectivity index (χ2v) is 4.99. The van der Waals surface area contributed by atoms with Gasteiger partial charge in [-0.1, -0.05) is 25.5 Å². The second-order valence-electron chi connectivity index (χ2n) is 4.99. The maximum atomic E-state index is 11.7. The molecule has 3 heteroatoms. The predicted octanol–water partition coefficient (Wildman–Crippen LogP) is 2.54. The second kappa shape index (κ2) is 6.80. The molecule has 1 rings (SSSR count). The Kier molecular flexibility index (Phi) is 5.69. The molecule has 0 bridgehead atoms. The highest BCUT2D eigenvalue weighted by molar-refractivity contribution is 5.78. The van der Waals surface area contributed by atoms with E-state index in [0.29, 0.717) is 25.8 Å². The maximum absolute atomic E-state index is 11.7. The number of rotatable bonds is 6. The van der Waals surface area contributed by atoms with E-state index in [1.54, 1.807) is 0 Å². The highest BCUT2D eigenvalue weighted by atomic mass is 16.3. The Morgan fingerprint density at radius 3 is 2.65 bits per heavy atom. The lowest BCUT2D eigenvalue weighted by Gasteiger charge is -2.25. The summed E-state index contributed by atoms with van der Waals surface area (Å²) in [6, 6.07) is 0. The summed E-state index contributed by atoms with van der Waals surface area (Å²) in [6.45, 7) is 4.25. The third kappa shape index (κ3) is 4.90. The van der Waals surface area contributed by atoms with Crippen LogP contribution in [0.3, 0.4) is 0 Å². The van der Waals surface area contributed by atoms with Gasteiger partial charge in [0.05, 0.1) is 5.60 Å². The lowest BCUT2D eigenvalue weighted by Crippen LogP contribution is -2.42. The van der Waals surface area contributed by atoms with E-state index in [-0.39, 0.29) is 5.91 Å². The molecule has 0 aromatic carbocycles. The van der Waals surface area contributed by atoms with Gasteiger partial charge in [-0.2, -0.15) is 0 Å². The van der Waals surface area contributed by atoms with Crippen LogP contribution in [0.5, 0.6) is 0 Å². The molecule has 0 fully saturated rings. The molecule has 0 heterocycles. The zero-order chi connectivity index (χ0) is 12.7. The summed E-state index contributed by atoms with van der Waals surface area (Å²) in [6.07, 6.45) is 8.65. The molecule has 0 unspecified atom stereocenters. The van der Waals surface area contributed by atoms with E-state index in [0.717, 1.165) is 12.8 Å². The summed E-state index contributed by atoms with van der Waals surface area (Å²) in [7, 11) is 0. The molecule has 0 radical (unpaired) electrons. The minimum absolute atomic E-state index is 0.0403. The fourth-order valence-electron chi connectivity index (χ4n) is 2.10. The van der Waals surface area contributed by atoms with Gasteiger partial charge in [-0.3, -0.25) is 4.79 Å². The molecule has 2 N–H and O–H groups in total. The van der Waals surface area contributed by atoms with Crippen LogP contribution in [-0.2, 0) is 4.79 Å². The van der Waals surface area contributed by atoms with Gasteiger partial charge in [0.2, 0.25) is 5.91 Å². The van der Waals surface area contributed by atoms with E-state index < -0.39 is 5.60 Å². The molecule has 0 aromatic heterocycles. The van der Waals surface area contributed by atoms with Crippen molar-refractivity contribution in [2.24, 2.45) is 0 Å². The molecule has 98 valence electrons. The Morgan fingerprint density at radius 1 is 1.41 bits per heavy atom. The summed E-state index contributed by atoms with van der Waals surface area (Å²) in [4.78, 5) is 11.7. The Labute approximate surface area is 104 Å². The summed E-state index contributed by atoms with van der Waals surface area (Å²) in [5, 5.41) is 12.9. The van der Waals surface area contributed by atoms with Gasteiger partial charge in [-0.25, -0.2) is 0 Å². The van der Waals surface area contributed by atoms with Gasteiger partial charge in [0, 0.05) is 13.0 Å². The SMILES string of the molecule is CCC(O)(CC)CNC(=O)CC1=CCCCC1. The normalized spacial score (nSPS) is 16.5. The molecule has 17 heavy (non-hydrogen) atoms. The highest BCUT2D eigenvalue weighted by Crippen LogP contribution is 2.20. The summed E-state index contributed by atoms with van der Waals surface area (Å²) in [5.74, 6) is 0.0403. The molecule has 0 saturated carbocycles. The van der Waals surface area contributed by atoms with E-state index >= 15 is 0 Å². The molecule has 0 saturated heterocycles. The molecule has 1 amide bonds. The van der Waals surface area contributed by atoms with Gasteiger partial charge in [0.25, 0.3) is 0 Å². The van der Waals surface area contributed by atoms with E-state index in [1.165, 1.54) is 18.4 Å². The van der Waals surface area contributed by atoms with Gasteiger partial charge in [-0.15, -0.1) is 0 Å². The van der Waals surface area contributed by atoms with Gasteiger partial charge in [-0.05, 0) is 38.5 Å². The average molecular weight is 239 g/mol. The Hall–Kier alpha value is -0.830. The standard InChI is InChI=1S/C14H25NO2/c1-3-14(17,4-2)11-15-13(16)10-12-8-6-5-7-9-12/h8,17H,3-7,9-11H2,1-2H3,(H,15,16). The summed E-state index contributed by atoms with van der Waals surface area (Å²) in [5.41, 5.74) is 0.515. The molecule has 0 spiro atoms. The third-order valence-electron chi connectivity index (χ3n) is 3.70. The number of allylic oxidation sites excluding steroid dienone is 1. The molecular formula is C14H25NO2. The predicted molar refractivity (Wildman–Crippen MR) is 69.7 cm³/mol. The maximum Gasteiger partial charge on any atom is 0.224 e. The monoisotopic (exact) mass is 239 g/mol. The number of carbonyl (C=O) groups excluding carboxylic acids is 1. The van der Waals surface area contributed by atoms with Crippen LogP contribution in [0.2, 0.25) is 0 Å². The van der Waals surface area contributed by atoms with Crippen molar-refractivity contribution in [2.45, 2.75) is 64.4 Å². The highest BCUT2D eigenvalue weighted by Gasteiger charge is 2.22. The van der Waals surface area contributed by atoms with Crippen LogP contribution in [-0.4, -0.2) is 23.2 Å². The lowest BCUT2D eigenvalue weighted by molar-refractivity contribution is -0.121. The zero-order valence-electron chi connectivity index (χ0n) is 11.1. The van der Waals surface area contributed by atoms with E-state index in [2.05, 4.69) is 11.4 Å². The van der Waals surface area contributed by atoms with Crippen molar-refractivity contribution in [1.82, 2.24) is 5.32 Å². The van der Waals surface area contributed by atoms with E-state index in [9.17, 15) is 9.90 Å². The topological polar surface area (TPSA) is 49.3 Å². The number of hydrogen-bond acceptors (Lipinski definition) is 2. The minimum atomic E-state index is -0.739. The summed E-state index contributed by atoms with van der Waals surface area (Å²) < 4.78 is 0. The molecule has 0 aromatic rings. The Balaban J connectivity index is 2.32. The van der Waals surface area contributed by atoms with Crippen molar-refractivity contribution in [3.05, 3.63) is 11.6 Å². The number of nitrogens with one attached hydrogen (secondary N) is 1.